The highest BCUT2D eigenvalue weighted by Crippen LogP contribution is 2.32. The molecule has 0 atom stereocenters. The van der Waals surface area contributed by atoms with Crippen LogP contribution in [-0.2, 0) is 12.7 Å². The van der Waals surface area contributed by atoms with Crippen molar-refractivity contribution in [2.45, 2.75) is 12.7 Å². The van der Waals surface area contributed by atoms with E-state index < -0.39 is 16.7 Å². The number of alkyl halides is 3. The predicted molar refractivity (Wildman–Crippen MR) is 79.8 cm³/mol. The number of hydrogen-bond acceptors (Lipinski definition) is 3. The highest BCUT2D eigenvalue weighted by atomic mass is 19.4. The van der Waals surface area contributed by atoms with E-state index in [-0.39, 0.29) is 5.69 Å². The Balaban J connectivity index is 1.87. The van der Waals surface area contributed by atoms with E-state index in [0.29, 0.717) is 12.2 Å². The topological polar surface area (TPSA) is 46.4 Å². The molecule has 118 valence electrons. The molecular formula is C16H11F3N2O2. The summed E-state index contributed by atoms with van der Waals surface area (Å²) in [5, 5.41) is 10.8. The maximum Gasteiger partial charge on any atom is 0.416 e. The molecule has 0 radical (unpaired) electrons. The van der Waals surface area contributed by atoms with Crippen LogP contribution in [0.5, 0.6) is 0 Å². The SMILES string of the molecule is O=[N+]([O-])c1ccc2c(c1)CN(c1ccc(C(F)(F)F)cc1)C=C2. The number of nitro groups is 1. The van der Waals surface area contributed by atoms with Crippen molar-refractivity contribution in [1.82, 2.24) is 0 Å². The van der Waals surface area contributed by atoms with Gasteiger partial charge in [-0.3, -0.25) is 10.1 Å². The molecule has 7 heteroatoms. The number of benzene rings is 2. The minimum atomic E-state index is -4.37. The molecule has 0 amide bonds. The van der Waals surface area contributed by atoms with Gasteiger partial charge in [-0.15, -0.1) is 0 Å². The second-order valence-electron chi connectivity index (χ2n) is 5.13. The molecular weight excluding hydrogens is 309 g/mol. The zero-order chi connectivity index (χ0) is 16.6. The van der Waals surface area contributed by atoms with E-state index in [2.05, 4.69) is 0 Å². The van der Waals surface area contributed by atoms with Gasteiger partial charge in [0.15, 0.2) is 0 Å². The van der Waals surface area contributed by atoms with Crippen LogP contribution in [0.1, 0.15) is 16.7 Å². The Kier molecular flexibility index (Phi) is 3.55. The second-order valence-corrected chi connectivity index (χ2v) is 5.13. The van der Waals surface area contributed by atoms with E-state index in [1.165, 1.54) is 24.3 Å². The van der Waals surface area contributed by atoms with Gasteiger partial charge in [0.05, 0.1) is 10.5 Å². The van der Waals surface area contributed by atoms with Gasteiger partial charge in [0.2, 0.25) is 0 Å². The molecule has 0 bridgehead atoms. The van der Waals surface area contributed by atoms with Crippen LogP contribution in [0, 0.1) is 10.1 Å². The smallest absolute Gasteiger partial charge is 0.344 e. The Hall–Kier alpha value is -2.83. The van der Waals surface area contributed by atoms with Gasteiger partial charge in [0, 0.05) is 30.6 Å². The van der Waals surface area contributed by atoms with Crippen LogP contribution in [0.3, 0.4) is 0 Å². The molecule has 1 heterocycles. The highest BCUT2D eigenvalue weighted by Gasteiger charge is 2.30. The van der Waals surface area contributed by atoms with Crippen LogP contribution in [-0.4, -0.2) is 4.92 Å². The van der Waals surface area contributed by atoms with Crippen LogP contribution in [0.2, 0.25) is 0 Å². The Labute approximate surface area is 129 Å². The molecule has 3 rings (SSSR count). The quantitative estimate of drug-likeness (QED) is 0.600. The molecule has 0 spiro atoms. The summed E-state index contributed by atoms with van der Waals surface area (Å²) >= 11 is 0. The maximum absolute atomic E-state index is 12.6. The van der Waals surface area contributed by atoms with Crippen molar-refractivity contribution in [3.8, 4) is 0 Å². The van der Waals surface area contributed by atoms with E-state index in [9.17, 15) is 23.3 Å². The van der Waals surface area contributed by atoms with Crippen LogP contribution >= 0.6 is 0 Å². The Bertz CT molecular complexity index is 783. The van der Waals surface area contributed by atoms with Crippen molar-refractivity contribution < 1.29 is 18.1 Å². The summed E-state index contributed by atoms with van der Waals surface area (Å²) in [6.45, 7) is 0.360. The normalized spacial score (nSPS) is 13.8. The summed E-state index contributed by atoms with van der Waals surface area (Å²) in [7, 11) is 0. The number of nitrogens with zero attached hydrogens (tertiary/aromatic N) is 2. The van der Waals surface area contributed by atoms with Crippen molar-refractivity contribution in [3.63, 3.8) is 0 Å². The van der Waals surface area contributed by atoms with Crippen LogP contribution in [0.4, 0.5) is 24.5 Å². The summed E-state index contributed by atoms with van der Waals surface area (Å²) in [6, 6.07) is 9.38. The minimum Gasteiger partial charge on any atom is -0.344 e. The molecule has 4 nitrogen and oxygen atoms in total. The number of nitro benzene ring substituents is 1. The molecule has 23 heavy (non-hydrogen) atoms. The van der Waals surface area contributed by atoms with Gasteiger partial charge in [-0.25, -0.2) is 0 Å². The highest BCUT2D eigenvalue weighted by molar-refractivity contribution is 5.65. The first-order valence-corrected chi connectivity index (χ1v) is 6.74. The lowest BCUT2D eigenvalue weighted by Gasteiger charge is -2.25. The average Bonchev–Trinajstić information content (AvgIpc) is 2.53. The van der Waals surface area contributed by atoms with E-state index >= 15 is 0 Å². The first kappa shape index (κ1) is 15.1. The standard InChI is InChI=1S/C16H11F3N2O2/c17-16(18,19)13-2-5-14(6-3-13)20-8-7-11-1-4-15(21(22)23)9-12(11)10-20/h1-9H,10H2. The van der Waals surface area contributed by atoms with Crippen LogP contribution in [0.25, 0.3) is 6.08 Å². The van der Waals surface area contributed by atoms with Crippen molar-refractivity contribution in [3.05, 3.63) is 75.5 Å². The number of rotatable bonds is 2. The molecule has 2 aromatic carbocycles. The fourth-order valence-corrected chi connectivity index (χ4v) is 2.43. The number of fused-ring (bicyclic) bond motifs is 1. The number of hydrogen-bond donors (Lipinski definition) is 0. The van der Waals surface area contributed by atoms with E-state index in [0.717, 1.165) is 23.3 Å². The van der Waals surface area contributed by atoms with Gasteiger partial charge >= 0.3 is 6.18 Å². The van der Waals surface area contributed by atoms with Crippen molar-refractivity contribution in [2.24, 2.45) is 0 Å². The predicted octanol–water partition coefficient (Wildman–Crippen LogP) is 4.60. The van der Waals surface area contributed by atoms with Crippen molar-refractivity contribution >= 4 is 17.5 Å². The lowest BCUT2D eigenvalue weighted by molar-refractivity contribution is -0.384. The number of anilines is 1. The van der Waals surface area contributed by atoms with Gasteiger partial charge in [0.25, 0.3) is 5.69 Å². The number of non-ortho nitro benzene ring substituents is 1. The lowest BCUT2D eigenvalue weighted by Crippen LogP contribution is -2.19. The molecule has 1 aliphatic rings. The fraction of sp³-hybridized carbons (Fsp3) is 0.125. The molecule has 0 N–H and O–H groups in total. The molecule has 0 fully saturated rings. The second kappa shape index (κ2) is 5.42. The summed E-state index contributed by atoms with van der Waals surface area (Å²) in [5.41, 5.74) is 1.48. The molecule has 2 aromatic rings. The van der Waals surface area contributed by atoms with Crippen molar-refractivity contribution in [1.29, 1.82) is 0 Å². The lowest BCUT2D eigenvalue weighted by atomic mass is 10.0. The molecule has 0 saturated carbocycles. The van der Waals surface area contributed by atoms with Crippen LogP contribution in [0.15, 0.2) is 48.7 Å². The number of halogens is 3. The molecule has 1 aliphatic heterocycles. The summed E-state index contributed by atoms with van der Waals surface area (Å²) in [5.74, 6) is 0. The average molecular weight is 320 g/mol. The Morgan fingerprint density at radius 1 is 1.09 bits per heavy atom. The monoisotopic (exact) mass is 320 g/mol. The minimum absolute atomic E-state index is 0.00795. The van der Waals surface area contributed by atoms with E-state index in [1.54, 1.807) is 23.2 Å². The largest absolute Gasteiger partial charge is 0.416 e. The van der Waals surface area contributed by atoms with Gasteiger partial charge in [-0.05, 0) is 47.5 Å². The Morgan fingerprint density at radius 3 is 2.39 bits per heavy atom. The third-order valence-corrected chi connectivity index (χ3v) is 3.64. The zero-order valence-corrected chi connectivity index (χ0v) is 11.7. The maximum atomic E-state index is 12.6. The molecule has 0 aromatic heterocycles. The van der Waals surface area contributed by atoms with Gasteiger partial charge in [-0.1, -0.05) is 0 Å². The van der Waals surface area contributed by atoms with Crippen molar-refractivity contribution in [2.75, 3.05) is 4.90 Å². The van der Waals surface area contributed by atoms with E-state index in [4.69, 9.17) is 0 Å². The molecule has 0 aliphatic carbocycles. The zero-order valence-electron chi connectivity index (χ0n) is 11.7. The van der Waals surface area contributed by atoms with E-state index in [1.807, 2.05) is 0 Å². The van der Waals surface area contributed by atoms with Gasteiger partial charge in [-0.2, -0.15) is 13.2 Å². The summed E-state index contributed by atoms with van der Waals surface area (Å²) in [6.07, 6.45) is -0.847. The third kappa shape index (κ3) is 3.03. The van der Waals surface area contributed by atoms with Crippen LogP contribution < -0.4 is 4.90 Å². The van der Waals surface area contributed by atoms with Gasteiger partial charge in [0.1, 0.15) is 0 Å². The third-order valence-electron chi connectivity index (χ3n) is 3.64. The molecule has 0 unspecified atom stereocenters. The first-order chi connectivity index (χ1) is 10.8. The fourth-order valence-electron chi connectivity index (χ4n) is 2.43. The Morgan fingerprint density at radius 2 is 1.78 bits per heavy atom. The summed E-state index contributed by atoms with van der Waals surface area (Å²) in [4.78, 5) is 12.1. The van der Waals surface area contributed by atoms with Gasteiger partial charge < -0.3 is 4.90 Å². The summed E-state index contributed by atoms with van der Waals surface area (Å²) < 4.78 is 37.8. The first-order valence-electron chi connectivity index (χ1n) is 6.74. The molecule has 0 saturated heterocycles.